The van der Waals surface area contributed by atoms with E-state index in [0.29, 0.717) is 19.3 Å². The van der Waals surface area contributed by atoms with Crippen molar-refractivity contribution in [2.45, 2.75) is 91.0 Å². The number of aryl methyl sites for hydroxylation is 1. The van der Waals surface area contributed by atoms with Crippen LogP contribution in [-0.2, 0) is 14.3 Å². The maximum atomic E-state index is 13.2. The lowest BCUT2D eigenvalue weighted by atomic mass is 9.79. The Bertz CT molecular complexity index is 900. The van der Waals surface area contributed by atoms with E-state index >= 15 is 0 Å². The monoisotopic (exact) mass is 475 g/mol. The van der Waals surface area contributed by atoms with E-state index in [1.807, 2.05) is 38.3 Å². The first-order chi connectivity index (χ1) is 15.6. The Morgan fingerprint density at radius 2 is 1.97 bits per heavy atom. The molecule has 5 atom stereocenters. The number of hydrogen-bond donors (Lipinski definition) is 2. The van der Waals surface area contributed by atoms with Gasteiger partial charge in [-0.15, -0.1) is 11.3 Å². The van der Waals surface area contributed by atoms with Gasteiger partial charge in [0.1, 0.15) is 11.9 Å². The van der Waals surface area contributed by atoms with Crippen molar-refractivity contribution in [3.63, 3.8) is 0 Å². The van der Waals surface area contributed by atoms with Crippen LogP contribution in [0.3, 0.4) is 0 Å². The highest BCUT2D eigenvalue weighted by atomic mass is 32.1. The van der Waals surface area contributed by atoms with Gasteiger partial charge in [-0.3, -0.25) is 9.59 Å². The lowest BCUT2D eigenvalue weighted by Gasteiger charge is -2.29. The van der Waals surface area contributed by atoms with E-state index in [9.17, 15) is 19.8 Å². The summed E-state index contributed by atoms with van der Waals surface area (Å²) >= 11 is 1.57. The largest absolute Gasteiger partial charge is 0.457 e. The molecule has 2 aliphatic rings. The van der Waals surface area contributed by atoms with Crippen molar-refractivity contribution in [1.82, 2.24) is 4.98 Å². The third-order valence-corrected chi connectivity index (χ3v) is 7.92. The minimum atomic E-state index is -1.10. The summed E-state index contributed by atoms with van der Waals surface area (Å²) in [4.78, 5) is 30.4. The van der Waals surface area contributed by atoms with E-state index in [1.165, 1.54) is 0 Å². The number of aromatic nitrogens is 1. The second-order valence-corrected chi connectivity index (χ2v) is 10.9. The van der Waals surface area contributed by atoms with Crippen LogP contribution in [0.1, 0.15) is 76.4 Å². The van der Waals surface area contributed by atoms with Gasteiger partial charge in [-0.05, 0) is 63.5 Å². The Kier molecular flexibility index (Phi) is 8.65. The van der Waals surface area contributed by atoms with Gasteiger partial charge in [0.2, 0.25) is 0 Å². The van der Waals surface area contributed by atoms with Crippen LogP contribution in [0.25, 0.3) is 6.08 Å². The molecule has 1 aliphatic heterocycles. The minimum absolute atomic E-state index is 0.0114. The molecule has 7 heteroatoms. The van der Waals surface area contributed by atoms with Crippen molar-refractivity contribution in [3.8, 4) is 0 Å². The zero-order chi connectivity index (χ0) is 24.2. The number of hydrogen-bond acceptors (Lipinski definition) is 7. The Hall–Kier alpha value is -1.83. The number of ether oxygens (including phenoxy) is 1. The average Bonchev–Trinajstić information content (AvgIpc) is 3.49. The fourth-order valence-electron chi connectivity index (χ4n) is 4.71. The van der Waals surface area contributed by atoms with E-state index < -0.39 is 35.6 Å². The van der Waals surface area contributed by atoms with Crippen molar-refractivity contribution < 1.29 is 24.5 Å². The van der Waals surface area contributed by atoms with Gasteiger partial charge in [0.05, 0.1) is 34.7 Å². The van der Waals surface area contributed by atoms with Gasteiger partial charge in [0.25, 0.3) is 0 Å². The number of esters is 1. The summed E-state index contributed by atoms with van der Waals surface area (Å²) in [6.45, 7) is 7.58. The summed E-state index contributed by atoms with van der Waals surface area (Å²) in [5.41, 5.74) is 0.789. The van der Waals surface area contributed by atoms with Crippen molar-refractivity contribution >= 4 is 29.2 Å². The fraction of sp³-hybridized carbons (Fsp3) is 0.654. The first-order valence-electron chi connectivity index (χ1n) is 12.0. The molecule has 0 unspecified atom stereocenters. The maximum Gasteiger partial charge on any atom is 0.309 e. The van der Waals surface area contributed by atoms with Crippen molar-refractivity contribution in [2.75, 3.05) is 0 Å². The van der Waals surface area contributed by atoms with Gasteiger partial charge in [0, 0.05) is 17.7 Å². The molecule has 1 spiro atoms. The molecule has 2 N–H and O–H groups in total. The number of ketones is 1. The smallest absolute Gasteiger partial charge is 0.309 e. The summed E-state index contributed by atoms with van der Waals surface area (Å²) in [7, 11) is 0. The van der Waals surface area contributed by atoms with Crippen LogP contribution in [0, 0.1) is 24.2 Å². The molecule has 2 heterocycles. The first-order valence-corrected chi connectivity index (χ1v) is 12.9. The van der Waals surface area contributed by atoms with Crippen LogP contribution in [-0.4, -0.2) is 45.3 Å². The van der Waals surface area contributed by atoms with Crippen LogP contribution < -0.4 is 0 Å². The summed E-state index contributed by atoms with van der Waals surface area (Å²) < 4.78 is 5.78. The van der Waals surface area contributed by atoms with E-state index in [1.54, 1.807) is 18.3 Å². The van der Waals surface area contributed by atoms with Gasteiger partial charge >= 0.3 is 5.97 Å². The number of carbonyl (C=O) groups is 2. The second-order valence-electron chi connectivity index (χ2n) is 9.79. The minimum Gasteiger partial charge on any atom is -0.457 e. The van der Waals surface area contributed by atoms with Gasteiger partial charge in [-0.25, -0.2) is 4.98 Å². The van der Waals surface area contributed by atoms with Gasteiger partial charge < -0.3 is 14.9 Å². The highest BCUT2D eigenvalue weighted by Crippen LogP contribution is 2.52. The molecule has 0 amide bonds. The third-order valence-electron chi connectivity index (χ3n) is 7.13. The summed E-state index contributed by atoms with van der Waals surface area (Å²) in [6.07, 6.45) is 7.70. The molecule has 0 bridgehead atoms. The van der Waals surface area contributed by atoms with Crippen molar-refractivity contribution in [2.24, 2.45) is 17.3 Å². The standard InChI is InChI=1S/C26H37NO5S/c1-16-9-7-5-6-8-10-21(17(2)13-20-15-33-19(4)27-20)32-23(29)14-22(28)26(11-12-26)25(31)18(3)24(16)30/h6,8,13,15-16,18,21-22,24,28,30H,5,7,9-12,14H2,1-4H3/b8-6+,17-13+/t16-,18-,21-,22-,24+/m0/s1. The van der Waals surface area contributed by atoms with Gasteiger partial charge in [0.15, 0.2) is 0 Å². The van der Waals surface area contributed by atoms with E-state index in [-0.39, 0.29) is 18.1 Å². The predicted molar refractivity (Wildman–Crippen MR) is 130 cm³/mol. The Morgan fingerprint density at radius 3 is 2.61 bits per heavy atom. The quantitative estimate of drug-likeness (QED) is 0.478. The predicted octanol–water partition coefficient (Wildman–Crippen LogP) is 4.63. The molecular formula is C26H37NO5S. The second kappa shape index (κ2) is 11.1. The molecule has 33 heavy (non-hydrogen) atoms. The number of carbonyl (C=O) groups excluding carboxylic acids is 2. The summed E-state index contributed by atoms with van der Waals surface area (Å²) in [5.74, 6) is -1.24. The highest BCUT2D eigenvalue weighted by molar-refractivity contribution is 7.09. The van der Waals surface area contributed by atoms with Crippen molar-refractivity contribution in [1.29, 1.82) is 0 Å². The number of aliphatic hydroxyl groups is 2. The lowest BCUT2D eigenvalue weighted by molar-refractivity contribution is -0.152. The van der Waals surface area contributed by atoms with Crippen LogP contribution in [0.15, 0.2) is 23.1 Å². The van der Waals surface area contributed by atoms with Crippen LogP contribution >= 0.6 is 11.3 Å². The van der Waals surface area contributed by atoms with Gasteiger partial charge in [-0.1, -0.05) is 26.0 Å². The number of cyclic esters (lactones) is 1. The molecule has 0 saturated heterocycles. The molecule has 6 nitrogen and oxygen atoms in total. The zero-order valence-corrected chi connectivity index (χ0v) is 20.9. The van der Waals surface area contributed by atoms with E-state index in [4.69, 9.17) is 4.74 Å². The summed E-state index contributed by atoms with van der Waals surface area (Å²) in [6, 6.07) is 0. The topological polar surface area (TPSA) is 96.7 Å². The SMILES string of the molecule is C/C(=C\c1csc(C)n1)[C@@H]1C/C=C/CCC[C@H](C)[C@@H](O)[C@H](C)C(=O)C2(CC2)[C@@H](O)CC(=O)O1. The van der Waals surface area contributed by atoms with E-state index in [2.05, 4.69) is 11.1 Å². The molecule has 1 aromatic heterocycles. The fourth-order valence-corrected chi connectivity index (χ4v) is 5.28. The maximum absolute atomic E-state index is 13.2. The molecule has 1 aromatic rings. The molecule has 1 saturated carbocycles. The molecule has 0 radical (unpaired) electrons. The third kappa shape index (κ3) is 6.40. The van der Waals surface area contributed by atoms with Gasteiger partial charge in [-0.2, -0.15) is 0 Å². The van der Waals surface area contributed by atoms with Crippen molar-refractivity contribution in [3.05, 3.63) is 33.8 Å². The van der Waals surface area contributed by atoms with E-state index in [0.717, 1.165) is 35.5 Å². The number of thiazole rings is 1. The molecule has 3 rings (SSSR count). The number of nitrogens with zero attached hydrogens (tertiary/aromatic N) is 1. The molecular weight excluding hydrogens is 438 g/mol. The number of rotatable bonds is 2. The summed E-state index contributed by atoms with van der Waals surface area (Å²) in [5, 5.41) is 24.5. The molecule has 1 aliphatic carbocycles. The van der Waals surface area contributed by atoms with Crippen LogP contribution in [0.4, 0.5) is 0 Å². The number of aliphatic hydroxyl groups excluding tert-OH is 2. The lowest BCUT2D eigenvalue weighted by Crippen LogP contribution is -2.41. The Morgan fingerprint density at radius 1 is 1.24 bits per heavy atom. The molecule has 1 fully saturated rings. The molecule has 182 valence electrons. The molecule has 0 aromatic carbocycles. The Balaban J connectivity index is 1.80. The van der Waals surface area contributed by atoms with Crippen LogP contribution in [0.2, 0.25) is 0 Å². The zero-order valence-electron chi connectivity index (χ0n) is 20.1. The number of Topliss-reactive ketones (excluding diaryl/α,β-unsaturated/α-hetero) is 1. The Labute approximate surface area is 200 Å². The highest BCUT2D eigenvalue weighted by Gasteiger charge is 2.57. The normalized spacial score (nSPS) is 33.0. The number of allylic oxidation sites excluding steroid dienone is 1. The average molecular weight is 476 g/mol. The first kappa shape index (κ1) is 25.8. The van der Waals surface area contributed by atoms with Crippen LogP contribution in [0.5, 0.6) is 0 Å².